The van der Waals surface area contributed by atoms with Gasteiger partial charge in [0.15, 0.2) is 0 Å². The third-order valence-corrected chi connectivity index (χ3v) is 3.05. The fourth-order valence-corrected chi connectivity index (χ4v) is 2.11. The first-order chi connectivity index (χ1) is 8.95. The van der Waals surface area contributed by atoms with Crippen LogP contribution >= 0.6 is 22.6 Å². The van der Waals surface area contributed by atoms with Crippen LogP contribution in [0.1, 0.15) is 5.56 Å². The van der Waals surface area contributed by atoms with Crippen LogP contribution in [0.4, 0.5) is 5.69 Å². The van der Waals surface area contributed by atoms with Gasteiger partial charge in [-0.15, -0.1) is 0 Å². The molecule has 0 unspecified atom stereocenters. The number of hydrogen-bond donors (Lipinski definition) is 1. The Kier molecular flexibility index (Phi) is 3.89. The van der Waals surface area contributed by atoms with Crippen LogP contribution in [-0.4, -0.2) is 10.0 Å². The molecular weight excluding hydrogens is 361 g/mol. The number of ether oxygens (including phenoxy) is 1. The number of nitro groups is 1. The highest BCUT2D eigenvalue weighted by atomic mass is 127. The minimum Gasteiger partial charge on any atom is -0.508 e. The van der Waals surface area contributed by atoms with E-state index in [1.54, 1.807) is 31.2 Å². The minimum atomic E-state index is -0.493. The first-order valence-corrected chi connectivity index (χ1v) is 6.46. The average molecular weight is 371 g/mol. The number of nitrogens with zero attached hydrogens (tertiary/aromatic N) is 1. The van der Waals surface area contributed by atoms with Gasteiger partial charge in [-0.3, -0.25) is 10.1 Å². The minimum absolute atomic E-state index is 0.0585. The lowest BCUT2D eigenvalue weighted by Gasteiger charge is -2.08. The maximum absolute atomic E-state index is 11.0. The summed E-state index contributed by atoms with van der Waals surface area (Å²) >= 11 is 2.00. The number of phenols is 1. The maximum atomic E-state index is 11.0. The molecule has 5 nitrogen and oxygen atoms in total. The van der Waals surface area contributed by atoms with Gasteiger partial charge in [0.1, 0.15) is 11.5 Å². The highest BCUT2D eigenvalue weighted by Crippen LogP contribution is 2.34. The van der Waals surface area contributed by atoms with Crippen molar-refractivity contribution in [1.29, 1.82) is 0 Å². The fourth-order valence-electron chi connectivity index (χ4n) is 1.63. The zero-order valence-corrected chi connectivity index (χ0v) is 12.1. The summed E-state index contributed by atoms with van der Waals surface area (Å²) in [7, 11) is 0. The van der Waals surface area contributed by atoms with Crippen LogP contribution in [-0.2, 0) is 0 Å². The molecule has 0 amide bonds. The van der Waals surface area contributed by atoms with E-state index in [9.17, 15) is 15.2 Å². The Morgan fingerprint density at radius 2 is 2.00 bits per heavy atom. The first kappa shape index (κ1) is 13.6. The Morgan fingerprint density at radius 1 is 1.26 bits per heavy atom. The third-order valence-electron chi connectivity index (χ3n) is 2.38. The van der Waals surface area contributed by atoms with Crippen molar-refractivity contribution in [2.75, 3.05) is 0 Å². The fraction of sp³-hybridized carbons (Fsp3) is 0.0769. The van der Waals surface area contributed by atoms with E-state index >= 15 is 0 Å². The number of rotatable bonds is 3. The molecule has 1 N–H and O–H groups in total. The zero-order valence-electron chi connectivity index (χ0n) is 9.96. The average Bonchev–Trinajstić information content (AvgIpc) is 2.30. The van der Waals surface area contributed by atoms with E-state index in [0.717, 1.165) is 9.13 Å². The molecule has 0 heterocycles. The topological polar surface area (TPSA) is 72.6 Å². The van der Waals surface area contributed by atoms with Crippen LogP contribution in [0, 0.1) is 20.6 Å². The summed E-state index contributed by atoms with van der Waals surface area (Å²) in [6.07, 6.45) is 0. The second-order valence-corrected chi connectivity index (χ2v) is 5.22. The number of phenolic OH excluding ortho intramolecular Hbond substituents is 1. The number of hydrogen-bond acceptors (Lipinski definition) is 4. The van der Waals surface area contributed by atoms with Gasteiger partial charge < -0.3 is 9.84 Å². The molecule has 0 saturated heterocycles. The molecule has 98 valence electrons. The summed E-state index contributed by atoms with van der Waals surface area (Å²) < 4.78 is 6.24. The van der Waals surface area contributed by atoms with Gasteiger partial charge >= 0.3 is 5.69 Å². The number of aryl methyl sites for hydroxylation is 1. The van der Waals surface area contributed by atoms with Gasteiger partial charge in [0.05, 0.1) is 4.92 Å². The molecule has 0 aliphatic carbocycles. The molecule has 0 bridgehead atoms. The van der Waals surface area contributed by atoms with Gasteiger partial charge in [0.2, 0.25) is 5.75 Å². The van der Waals surface area contributed by atoms with E-state index in [1.165, 1.54) is 12.1 Å². The summed E-state index contributed by atoms with van der Waals surface area (Å²) in [4.78, 5) is 10.5. The SMILES string of the molecule is Cc1cc(O)cc(Oc2ccc(I)cc2[N+](=O)[O-])c1. The van der Waals surface area contributed by atoms with E-state index in [4.69, 9.17) is 4.74 Å². The lowest BCUT2D eigenvalue weighted by molar-refractivity contribution is -0.385. The van der Waals surface area contributed by atoms with Crippen LogP contribution < -0.4 is 4.74 Å². The van der Waals surface area contributed by atoms with Crippen molar-refractivity contribution in [1.82, 2.24) is 0 Å². The largest absolute Gasteiger partial charge is 0.508 e. The van der Waals surface area contributed by atoms with Gasteiger partial charge in [-0.05, 0) is 59.3 Å². The Bertz CT molecular complexity index is 622. The second-order valence-electron chi connectivity index (χ2n) is 3.98. The number of halogens is 1. The molecule has 2 rings (SSSR count). The summed E-state index contributed by atoms with van der Waals surface area (Å²) in [5, 5.41) is 20.5. The molecule has 0 fully saturated rings. The van der Waals surface area contributed by atoms with Gasteiger partial charge in [0.25, 0.3) is 0 Å². The number of aromatic hydroxyl groups is 1. The highest BCUT2D eigenvalue weighted by molar-refractivity contribution is 14.1. The van der Waals surface area contributed by atoms with Crippen LogP contribution in [0.15, 0.2) is 36.4 Å². The van der Waals surface area contributed by atoms with Gasteiger partial charge in [-0.2, -0.15) is 0 Å². The zero-order chi connectivity index (χ0) is 14.0. The molecule has 0 spiro atoms. The van der Waals surface area contributed by atoms with Gasteiger partial charge in [-0.1, -0.05) is 0 Å². The van der Waals surface area contributed by atoms with Crippen molar-refractivity contribution < 1.29 is 14.8 Å². The monoisotopic (exact) mass is 371 g/mol. The van der Waals surface area contributed by atoms with Crippen molar-refractivity contribution in [3.05, 3.63) is 55.6 Å². The lowest BCUT2D eigenvalue weighted by Crippen LogP contribution is -1.94. The smallest absolute Gasteiger partial charge is 0.312 e. The van der Waals surface area contributed by atoms with E-state index < -0.39 is 4.92 Å². The predicted molar refractivity (Wildman–Crippen MR) is 78.7 cm³/mol. The summed E-state index contributed by atoms with van der Waals surface area (Å²) in [5.74, 6) is 0.570. The van der Waals surface area contributed by atoms with E-state index in [0.29, 0.717) is 5.75 Å². The molecule has 2 aromatic carbocycles. The molecule has 0 saturated carbocycles. The first-order valence-electron chi connectivity index (χ1n) is 5.38. The van der Waals surface area contributed by atoms with Crippen LogP contribution in [0.5, 0.6) is 17.2 Å². The Labute approximate surface area is 123 Å². The van der Waals surface area contributed by atoms with Crippen LogP contribution in [0.2, 0.25) is 0 Å². The highest BCUT2D eigenvalue weighted by Gasteiger charge is 2.16. The Balaban J connectivity index is 2.40. The lowest BCUT2D eigenvalue weighted by atomic mass is 10.2. The van der Waals surface area contributed by atoms with Gasteiger partial charge in [-0.25, -0.2) is 0 Å². The van der Waals surface area contributed by atoms with Crippen molar-refractivity contribution in [3.8, 4) is 17.2 Å². The van der Waals surface area contributed by atoms with Crippen molar-refractivity contribution >= 4 is 28.3 Å². The molecule has 6 heteroatoms. The second kappa shape index (κ2) is 5.43. The molecule has 0 atom stereocenters. The number of nitro benzene ring substituents is 1. The molecule has 2 aromatic rings. The molecule has 0 aliphatic heterocycles. The molecular formula is C13H10INO4. The summed E-state index contributed by atoms with van der Waals surface area (Å²) in [6.45, 7) is 1.80. The van der Waals surface area contributed by atoms with E-state index in [-0.39, 0.29) is 17.2 Å². The van der Waals surface area contributed by atoms with Crippen LogP contribution in [0.3, 0.4) is 0 Å². The maximum Gasteiger partial charge on any atom is 0.312 e. The van der Waals surface area contributed by atoms with E-state index in [1.807, 2.05) is 22.6 Å². The summed E-state index contributed by atoms with van der Waals surface area (Å²) in [6, 6.07) is 9.38. The molecule has 0 aromatic heterocycles. The van der Waals surface area contributed by atoms with Crippen molar-refractivity contribution in [2.45, 2.75) is 6.92 Å². The third kappa shape index (κ3) is 3.34. The molecule has 19 heavy (non-hydrogen) atoms. The van der Waals surface area contributed by atoms with Crippen molar-refractivity contribution in [3.63, 3.8) is 0 Å². The molecule has 0 aliphatic rings. The van der Waals surface area contributed by atoms with Crippen molar-refractivity contribution in [2.24, 2.45) is 0 Å². The normalized spacial score (nSPS) is 10.2. The predicted octanol–water partition coefficient (Wildman–Crippen LogP) is 4.01. The standard InChI is InChI=1S/C13H10INO4/c1-8-4-10(16)7-11(5-8)19-13-3-2-9(14)6-12(13)15(17)18/h2-7,16H,1H3. The van der Waals surface area contributed by atoms with Gasteiger partial charge in [0, 0.05) is 15.7 Å². The van der Waals surface area contributed by atoms with Crippen LogP contribution in [0.25, 0.3) is 0 Å². The quantitative estimate of drug-likeness (QED) is 0.503. The Morgan fingerprint density at radius 3 is 2.63 bits per heavy atom. The Hall–Kier alpha value is -1.83. The molecule has 0 radical (unpaired) electrons. The summed E-state index contributed by atoms with van der Waals surface area (Å²) in [5.41, 5.74) is 0.705. The van der Waals surface area contributed by atoms with E-state index in [2.05, 4.69) is 0 Å². The number of benzene rings is 2.